The van der Waals surface area contributed by atoms with E-state index < -0.39 is 10.1 Å². The standard InChI is InChI=1S/C31H22O3S2/c1-35-28-17-16-23(19-29(28)36(32,33)34)31-26-12-6-4-10-24(26)30(25-11-5-7-13-27(25)31)22-15-14-20-8-2-3-9-21(20)18-22/h2-19H,1H3,(H,32,33,34). The molecule has 6 aromatic carbocycles. The second kappa shape index (κ2) is 8.79. The summed E-state index contributed by atoms with van der Waals surface area (Å²) in [6.07, 6.45) is 1.80. The Hall–Kier alpha value is -3.64. The molecule has 0 unspecified atom stereocenters. The van der Waals surface area contributed by atoms with Gasteiger partial charge in [0, 0.05) is 4.90 Å². The Balaban J connectivity index is 1.74. The van der Waals surface area contributed by atoms with Gasteiger partial charge in [0.15, 0.2) is 0 Å². The van der Waals surface area contributed by atoms with Gasteiger partial charge in [-0.2, -0.15) is 8.42 Å². The average Bonchev–Trinajstić information content (AvgIpc) is 2.90. The Kier molecular flexibility index (Phi) is 5.56. The highest BCUT2D eigenvalue weighted by Crippen LogP contribution is 2.44. The van der Waals surface area contributed by atoms with Crippen LogP contribution in [0.3, 0.4) is 0 Å². The summed E-state index contributed by atoms with van der Waals surface area (Å²) >= 11 is 1.29. The van der Waals surface area contributed by atoms with Gasteiger partial charge in [0.2, 0.25) is 0 Å². The van der Waals surface area contributed by atoms with Crippen LogP contribution in [0.15, 0.2) is 119 Å². The first-order chi connectivity index (χ1) is 17.5. The maximum absolute atomic E-state index is 12.2. The molecule has 6 aromatic rings. The first-order valence-corrected chi connectivity index (χ1v) is 14.2. The molecule has 176 valence electrons. The lowest BCUT2D eigenvalue weighted by molar-refractivity contribution is 0.481. The molecule has 1 N–H and O–H groups in total. The minimum absolute atomic E-state index is 0.0701. The lowest BCUT2D eigenvalue weighted by Crippen LogP contribution is -2.01. The lowest BCUT2D eigenvalue weighted by Gasteiger charge is -2.18. The van der Waals surface area contributed by atoms with E-state index in [-0.39, 0.29) is 4.90 Å². The molecule has 5 heteroatoms. The van der Waals surface area contributed by atoms with E-state index in [0.29, 0.717) is 4.90 Å². The average molecular weight is 507 g/mol. The van der Waals surface area contributed by atoms with E-state index in [9.17, 15) is 13.0 Å². The summed E-state index contributed by atoms with van der Waals surface area (Å²) in [5.74, 6) is 0. The third kappa shape index (κ3) is 3.77. The van der Waals surface area contributed by atoms with Gasteiger partial charge in [-0.15, -0.1) is 11.8 Å². The van der Waals surface area contributed by atoms with Gasteiger partial charge in [0.05, 0.1) is 0 Å². The number of rotatable bonds is 4. The van der Waals surface area contributed by atoms with Crippen LogP contribution in [0.2, 0.25) is 0 Å². The maximum Gasteiger partial charge on any atom is 0.295 e. The molecule has 0 amide bonds. The third-order valence-electron chi connectivity index (χ3n) is 6.70. The van der Waals surface area contributed by atoms with Crippen molar-refractivity contribution in [3.8, 4) is 22.3 Å². The van der Waals surface area contributed by atoms with E-state index >= 15 is 0 Å². The molecule has 0 aliphatic carbocycles. The van der Waals surface area contributed by atoms with E-state index in [1.165, 1.54) is 22.5 Å². The summed E-state index contributed by atoms with van der Waals surface area (Å²) in [6.45, 7) is 0. The number of hydrogen-bond donors (Lipinski definition) is 1. The van der Waals surface area contributed by atoms with E-state index in [4.69, 9.17) is 0 Å². The van der Waals surface area contributed by atoms with E-state index in [0.717, 1.165) is 43.8 Å². The van der Waals surface area contributed by atoms with Gasteiger partial charge >= 0.3 is 0 Å². The Bertz CT molecular complexity index is 1850. The summed E-state index contributed by atoms with van der Waals surface area (Å²) < 4.78 is 34.4. The van der Waals surface area contributed by atoms with Crippen molar-refractivity contribution in [3.63, 3.8) is 0 Å². The number of hydrogen-bond acceptors (Lipinski definition) is 3. The number of fused-ring (bicyclic) bond motifs is 3. The monoisotopic (exact) mass is 506 g/mol. The SMILES string of the molecule is CSc1ccc(-c2c3ccccc3c(-c3ccc4ccccc4c3)c3ccccc23)cc1S(=O)(=O)O. The summed E-state index contributed by atoms with van der Waals surface area (Å²) in [5.41, 5.74) is 3.97. The van der Waals surface area contributed by atoms with Crippen molar-refractivity contribution in [2.24, 2.45) is 0 Å². The molecular formula is C31H22O3S2. The van der Waals surface area contributed by atoms with E-state index in [2.05, 4.69) is 60.7 Å². The fourth-order valence-corrected chi connectivity index (χ4v) is 6.76. The third-order valence-corrected chi connectivity index (χ3v) is 8.52. The first kappa shape index (κ1) is 22.8. The molecule has 36 heavy (non-hydrogen) atoms. The summed E-state index contributed by atoms with van der Waals surface area (Å²) in [4.78, 5) is 0.446. The molecule has 3 nitrogen and oxygen atoms in total. The topological polar surface area (TPSA) is 54.4 Å². The van der Waals surface area contributed by atoms with Crippen molar-refractivity contribution in [2.75, 3.05) is 6.26 Å². The smallest absolute Gasteiger partial charge is 0.282 e. The Labute approximate surface area is 214 Å². The van der Waals surface area contributed by atoms with Crippen molar-refractivity contribution in [1.29, 1.82) is 0 Å². The zero-order valence-electron chi connectivity index (χ0n) is 19.5. The van der Waals surface area contributed by atoms with Crippen LogP contribution in [0, 0.1) is 0 Å². The summed E-state index contributed by atoms with van der Waals surface area (Å²) in [7, 11) is -4.38. The van der Waals surface area contributed by atoms with Crippen LogP contribution in [0.25, 0.3) is 54.6 Å². The fourth-order valence-electron chi connectivity index (χ4n) is 5.13. The predicted octanol–water partition coefficient (Wildman–Crippen LogP) is 8.45. The normalized spacial score (nSPS) is 11.9. The van der Waals surface area contributed by atoms with E-state index in [1.807, 2.05) is 36.4 Å². The van der Waals surface area contributed by atoms with Gasteiger partial charge in [-0.25, -0.2) is 0 Å². The highest BCUT2D eigenvalue weighted by atomic mass is 32.2. The van der Waals surface area contributed by atoms with Crippen LogP contribution in [0.1, 0.15) is 0 Å². The molecule has 0 saturated carbocycles. The fraction of sp³-hybridized carbons (Fsp3) is 0.0323. The Morgan fingerprint density at radius 1 is 0.583 bits per heavy atom. The molecule has 0 saturated heterocycles. The molecule has 0 radical (unpaired) electrons. The van der Waals surface area contributed by atoms with Gasteiger partial charge < -0.3 is 0 Å². The molecule has 0 aliphatic rings. The van der Waals surface area contributed by atoms with Crippen LogP contribution in [-0.4, -0.2) is 19.2 Å². The molecule has 6 rings (SSSR count). The Morgan fingerprint density at radius 3 is 1.58 bits per heavy atom. The number of thioether (sulfide) groups is 1. The molecule has 0 heterocycles. The lowest BCUT2D eigenvalue weighted by atomic mass is 9.85. The molecule has 0 fully saturated rings. The van der Waals surface area contributed by atoms with Gasteiger partial charge in [-0.05, 0) is 79.0 Å². The van der Waals surface area contributed by atoms with Crippen LogP contribution in [0.4, 0.5) is 0 Å². The second-order valence-electron chi connectivity index (χ2n) is 8.74. The highest BCUT2D eigenvalue weighted by molar-refractivity contribution is 7.99. The van der Waals surface area contributed by atoms with Crippen LogP contribution in [-0.2, 0) is 10.1 Å². The van der Waals surface area contributed by atoms with Crippen LogP contribution >= 0.6 is 11.8 Å². The summed E-state index contributed by atoms with van der Waals surface area (Å²) in [5, 5.41) is 6.60. The van der Waals surface area contributed by atoms with Crippen molar-refractivity contribution >= 4 is 54.2 Å². The van der Waals surface area contributed by atoms with Crippen molar-refractivity contribution in [1.82, 2.24) is 0 Å². The number of benzene rings is 6. The maximum atomic E-state index is 12.2. The quantitative estimate of drug-likeness (QED) is 0.148. The molecule has 0 atom stereocenters. The van der Waals surface area contributed by atoms with Crippen LogP contribution < -0.4 is 0 Å². The van der Waals surface area contributed by atoms with Gasteiger partial charge in [-0.3, -0.25) is 4.55 Å². The Morgan fingerprint density at radius 2 is 1.06 bits per heavy atom. The predicted molar refractivity (Wildman–Crippen MR) is 151 cm³/mol. The highest BCUT2D eigenvalue weighted by Gasteiger charge is 2.20. The molecule has 0 bridgehead atoms. The van der Waals surface area contributed by atoms with Crippen molar-refractivity contribution in [3.05, 3.63) is 109 Å². The minimum Gasteiger partial charge on any atom is -0.282 e. The van der Waals surface area contributed by atoms with Gasteiger partial charge in [-0.1, -0.05) is 91.0 Å². The van der Waals surface area contributed by atoms with Crippen molar-refractivity contribution in [2.45, 2.75) is 9.79 Å². The van der Waals surface area contributed by atoms with Crippen molar-refractivity contribution < 1.29 is 13.0 Å². The zero-order valence-corrected chi connectivity index (χ0v) is 21.1. The molecule has 0 spiro atoms. The van der Waals surface area contributed by atoms with Gasteiger partial charge in [0.1, 0.15) is 4.90 Å². The first-order valence-electron chi connectivity index (χ1n) is 11.5. The van der Waals surface area contributed by atoms with Gasteiger partial charge in [0.25, 0.3) is 10.1 Å². The largest absolute Gasteiger partial charge is 0.295 e. The molecule has 0 aliphatic heterocycles. The van der Waals surface area contributed by atoms with E-state index in [1.54, 1.807) is 18.4 Å². The van der Waals surface area contributed by atoms with Crippen LogP contribution in [0.5, 0.6) is 0 Å². The minimum atomic E-state index is -4.38. The summed E-state index contributed by atoms with van der Waals surface area (Å²) in [6, 6.07) is 36.7. The second-order valence-corrected chi connectivity index (χ2v) is 11.0. The zero-order chi connectivity index (χ0) is 24.9. The molecular weight excluding hydrogens is 484 g/mol. The molecule has 0 aromatic heterocycles.